The lowest BCUT2D eigenvalue weighted by molar-refractivity contribution is 0.242. The summed E-state index contributed by atoms with van der Waals surface area (Å²) in [7, 11) is 4.12. The molecule has 0 saturated carbocycles. The van der Waals surface area contributed by atoms with Gasteiger partial charge in [-0.05, 0) is 58.6 Å². The number of hydrogen-bond acceptors (Lipinski definition) is 4. The molecule has 4 heteroatoms. The fourth-order valence-electron chi connectivity index (χ4n) is 1.81. The largest absolute Gasteiger partial charge is 0.491 e. The molecule has 1 atom stereocenters. The molecule has 1 unspecified atom stereocenters. The molecule has 0 radical (unpaired) electrons. The molecule has 0 aliphatic rings. The highest BCUT2D eigenvalue weighted by Gasteiger charge is 2.11. The van der Waals surface area contributed by atoms with Crippen LogP contribution in [-0.2, 0) is 0 Å². The van der Waals surface area contributed by atoms with Gasteiger partial charge in [0.25, 0.3) is 0 Å². The Bertz CT molecular complexity index is 353. The first kappa shape index (κ1) is 15.0. The predicted octanol–water partition coefficient (Wildman–Crippen LogP) is 1.93. The van der Waals surface area contributed by atoms with Gasteiger partial charge >= 0.3 is 0 Å². The molecular weight excluding hydrogens is 226 g/mol. The molecule has 0 spiro atoms. The van der Waals surface area contributed by atoms with E-state index < -0.39 is 0 Å². The average molecular weight is 251 g/mol. The van der Waals surface area contributed by atoms with Crippen molar-refractivity contribution < 1.29 is 4.74 Å². The van der Waals surface area contributed by atoms with Crippen LogP contribution in [0, 0.1) is 0 Å². The Morgan fingerprint density at radius 1 is 1.33 bits per heavy atom. The molecule has 1 aromatic rings. The van der Waals surface area contributed by atoms with Crippen molar-refractivity contribution >= 4 is 0 Å². The summed E-state index contributed by atoms with van der Waals surface area (Å²) in [6, 6.07) is 8.27. The molecule has 0 bridgehead atoms. The maximum absolute atomic E-state index is 5.70. The third-order valence-electron chi connectivity index (χ3n) is 2.70. The van der Waals surface area contributed by atoms with Crippen molar-refractivity contribution in [3.8, 4) is 5.75 Å². The molecule has 0 amide bonds. The quantitative estimate of drug-likeness (QED) is 0.574. The maximum atomic E-state index is 5.70. The Morgan fingerprint density at radius 3 is 2.61 bits per heavy atom. The number of benzene rings is 1. The Morgan fingerprint density at radius 2 is 2.06 bits per heavy atom. The highest BCUT2D eigenvalue weighted by molar-refractivity contribution is 5.30. The minimum atomic E-state index is 0.156. The van der Waals surface area contributed by atoms with Crippen LogP contribution in [0.1, 0.15) is 31.9 Å². The first-order chi connectivity index (χ1) is 8.52. The smallest absolute Gasteiger partial charge is 0.120 e. The summed E-state index contributed by atoms with van der Waals surface area (Å²) < 4.78 is 5.70. The number of hydrogen-bond donors (Lipinski definition) is 2. The molecule has 0 aliphatic carbocycles. The second-order valence-electron chi connectivity index (χ2n) is 5.05. The minimum absolute atomic E-state index is 0.156. The van der Waals surface area contributed by atoms with Crippen LogP contribution in [0.3, 0.4) is 0 Å². The van der Waals surface area contributed by atoms with Crippen molar-refractivity contribution in [1.82, 2.24) is 10.3 Å². The molecule has 0 heterocycles. The van der Waals surface area contributed by atoms with Gasteiger partial charge in [0, 0.05) is 6.04 Å². The third kappa shape index (κ3) is 5.04. The highest BCUT2D eigenvalue weighted by Crippen LogP contribution is 2.22. The van der Waals surface area contributed by atoms with E-state index in [4.69, 9.17) is 10.6 Å². The molecule has 0 fully saturated rings. The summed E-state index contributed by atoms with van der Waals surface area (Å²) in [6.07, 6.45) is 1.15. The number of nitrogens with two attached hydrogens (primary N) is 1. The molecule has 102 valence electrons. The molecular formula is C14H25N3O. The zero-order chi connectivity index (χ0) is 13.5. The van der Waals surface area contributed by atoms with Gasteiger partial charge in [-0.25, -0.2) is 0 Å². The lowest BCUT2D eigenvalue weighted by atomic mass is 10.0. The van der Waals surface area contributed by atoms with E-state index in [2.05, 4.69) is 36.6 Å². The van der Waals surface area contributed by atoms with Crippen LogP contribution < -0.4 is 16.0 Å². The van der Waals surface area contributed by atoms with Gasteiger partial charge in [-0.2, -0.15) is 0 Å². The standard InChI is InChI=1S/C14H25N3O/c1-11(2)18-13-7-5-6-12(10-13)14(16-15)8-9-17(3)4/h5-7,10-11,14,16H,8-9,15H2,1-4H3. The number of ether oxygens (including phenoxy) is 1. The van der Waals surface area contributed by atoms with E-state index in [1.54, 1.807) is 0 Å². The van der Waals surface area contributed by atoms with Gasteiger partial charge in [-0.3, -0.25) is 11.3 Å². The van der Waals surface area contributed by atoms with Gasteiger partial charge in [0.1, 0.15) is 5.75 Å². The van der Waals surface area contributed by atoms with E-state index in [-0.39, 0.29) is 12.1 Å². The van der Waals surface area contributed by atoms with Gasteiger partial charge in [-0.1, -0.05) is 12.1 Å². The van der Waals surface area contributed by atoms with Crippen molar-refractivity contribution in [2.24, 2.45) is 5.84 Å². The Kier molecular flexibility index (Phi) is 6.12. The molecule has 0 saturated heterocycles. The first-order valence-corrected chi connectivity index (χ1v) is 6.40. The zero-order valence-electron chi connectivity index (χ0n) is 11.8. The van der Waals surface area contributed by atoms with Crippen LogP contribution >= 0.6 is 0 Å². The topological polar surface area (TPSA) is 50.5 Å². The Hall–Kier alpha value is -1.10. The summed E-state index contributed by atoms with van der Waals surface area (Å²) in [5.74, 6) is 6.53. The number of rotatable bonds is 7. The van der Waals surface area contributed by atoms with Crippen molar-refractivity contribution in [3.63, 3.8) is 0 Å². The summed E-state index contributed by atoms with van der Waals surface area (Å²) >= 11 is 0. The SMILES string of the molecule is CC(C)Oc1cccc(C(CCN(C)C)NN)c1. The van der Waals surface area contributed by atoms with E-state index in [1.165, 1.54) is 0 Å². The lowest BCUT2D eigenvalue weighted by Crippen LogP contribution is -2.30. The molecule has 18 heavy (non-hydrogen) atoms. The molecule has 1 aromatic carbocycles. The first-order valence-electron chi connectivity index (χ1n) is 6.40. The van der Waals surface area contributed by atoms with E-state index in [9.17, 15) is 0 Å². The lowest BCUT2D eigenvalue weighted by Gasteiger charge is -2.20. The Balaban J connectivity index is 2.72. The van der Waals surface area contributed by atoms with E-state index in [0.717, 1.165) is 24.3 Å². The summed E-state index contributed by atoms with van der Waals surface area (Å²) in [5.41, 5.74) is 4.04. The van der Waals surface area contributed by atoms with E-state index in [1.807, 2.05) is 26.0 Å². The third-order valence-corrected chi connectivity index (χ3v) is 2.70. The van der Waals surface area contributed by atoms with Crippen LogP contribution in [0.4, 0.5) is 0 Å². The summed E-state index contributed by atoms with van der Waals surface area (Å²) in [6.45, 7) is 5.04. The minimum Gasteiger partial charge on any atom is -0.491 e. The fraction of sp³-hybridized carbons (Fsp3) is 0.571. The van der Waals surface area contributed by atoms with Gasteiger partial charge in [0.05, 0.1) is 6.10 Å². The maximum Gasteiger partial charge on any atom is 0.120 e. The second kappa shape index (κ2) is 7.36. The monoisotopic (exact) mass is 251 g/mol. The zero-order valence-corrected chi connectivity index (χ0v) is 11.8. The second-order valence-corrected chi connectivity index (χ2v) is 5.05. The molecule has 0 aliphatic heterocycles. The van der Waals surface area contributed by atoms with Gasteiger partial charge in [0.2, 0.25) is 0 Å². The molecule has 3 N–H and O–H groups in total. The fourth-order valence-corrected chi connectivity index (χ4v) is 1.81. The van der Waals surface area contributed by atoms with Gasteiger partial charge in [0.15, 0.2) is 0 Å². The van der Waals surface area contributed by atoms with Crippen LogP contribution in [0.15, 0.2) is 24.3 Å². The van der Waals surface area contributed by atoms with Gasteiger partial charge < -0.3 is 9.64 Å². The predicted molar refractivity (Wildman–Crippen MR) is 75.4 cm³/mol. The van der Waals surface area contributed by atoms with E-state index in [0.29, 0.717) is 0 Å². The summed E-state index contributed by atoms with van der Waals surface area (Å²) in [5, 5.41) is 0. The number of hydrazine groups is 1. The Labute approximate surface area is 110 Å². The van der Waals surface area contributed by atoms with Crippen molar-refractivity contribution in [3.05, 3.63) is 29.8 Å². The number of nitrogens with zero attached hydrogens (tertiary/aromatic N) is 1. The highest BCUT2D eigenvalue weighted by atomic mass is 16.5. The average Bonchev–Trinajstić information content (AvgIpc) is 2.29. The molecule has 4 nitrogen and oxygen atoms in total. The van der Waals surface area contributed by atoms with Crippen molar-refractivity contribution in [1.29, 1.82) is 0 Å². The van der Waals surface area contributed by atoms with Gasteiger partial charge in [-0.15, -0.1) is 0 Å². The normalized spacial score (nSPS) is 13.1. The molecule has 0 aromatic heterocycles. The van der Waals surface area contributed by atoms with Crippen LogP contribution in [0.5, 0.6) is 5.75 Å². The molecule has 1 rings (SSSR count). The van der Waals surface area contributed by atoms with Crippen molar-refractivity contribution in [2.45, 2.75) is 32.4 Å². The van der Waals surface area contributed by atoms with E-state index >= 15 is 0 Å². The van der Waals surface area contributed by atoms with Crippen LogP contribution in [0.2, 0.25) is 0 Å². The van der Waals surface area contributed by atoms with Crippen molar-refractivity contribution in [2.75, 3.05) is 20.6 Å². The number of nitrogens with one attached hydrogen (secondary N) is 1. The van der Waals surface area contributed by atoms with Crippen LogP contribution in [0.25, 0.3) is 0 Å². The summed E-state index contributed by atoms with van der Waals surface area (Å²) in [4.78, 5) is 2.15. The van der Waals surface area contributed by atoms with Crippen LogP contribution in [-0.4, -0.2) is 31.6 Å².